The molecular formula is C12H13Cl2F2NOS. The fourth-order valence-electron chi connectivity index (χ4n) is 1.92. The smallest absolute Gasteiger partial charge is 0.387 e. The summed E-state index contributed by atoms with van der Waals surface area (Å²) in [5.74, 6) is 2.06. The van der Waals surface area contributed by atoms with Gasteiger partial charge in [0.1, 0.15) is 0 Å². The minimum Gasteiger partial charge on any atom is -0.432 e. The monoisotopic (exact) mass is 327 g/mol. The van der Waals surface area contributed by atoms with Gasteiger partial charge < -0.3 is 10.1 Å². The first kappa shape index (κ1) is 15.0. The first-order valence-electron chi connectivity index (χ1n) is 5.84. The Morgan fingerprint density at radius 2 is 1.79 bits per heavy atom. The third-order valence-electron chi connectivity index (χ3n) is 2.80. The van der Waals surface area contributed by atoms with E-state index in [1.807, 2.05) is 11.8 Å². The van der Waals surface area contributed by atoms with Gasteiger partial charge in [-0.2, -0.15) is 20.5 Å². The van der Waals surface area contributed by atoms with Crippen LogP contribution in [0.25, 0.3) is 0 Å². The van der Waals surface area contributed by atoms with Crippen LogP contribution in [0.1, 0.15) is 12.8 Å². The van der Waals surface area contributed by atoms with Crippen molar-refractivity contribution >= 4 is 40.7 Å². The number of hydrogen-bond acceptors (Lipinski definition) is 3. The molecule has 1 aromatic rings. The summed E-state index contributed by atoms with van der Waals surface area (Å²) in [6.07, 6.45) is 2.13. The van der Waals surface area contributed by atoms with Crippen molar-refractivity contribution in [1.29, 1.82) is 0 Å². The largest absolute Gasteiger partial charge is 0.432 e. The number of anilines is 1. The summed E-state index contributed by atoms with van der Waals surface area (Å²) >= 11 is 13.7. The van der Waals surface area contributed by atoms with Crippen LogP contribution in [-0.4, -0.2) is 24.2 Å². The molecule has 0 aliphatic carbocycles. The number of nitrogens with one attached hydrogen (secondary N) is 1. The summed E-state index contributed by atoms with van der Waals surface area (Å²) in [5, 5.41) is 3.49. The van der Waals surface area contributed by atoms with E-state index in [0.29, 0.717) is 6.04 Å². The zero-order valence-electron chi connectivity index (χ0n) is 9.97. The minimum atomic E-state index is -2.94. The fourth-order valence-corrected chi connectivity index (χ4v) is 3.61. The summed E-state index contributed by atoms with van der Waals surface area (Å²) in [5.41, 5.74) is 0.730. The van der Waals surface area contributed by atoms with E-state index in [2.05, 4.69) is 10.1 Å². The molecular weight excluding hydrogens is 315 g/mol. The van der Waals surface area contributed by atoms with Gasteiger partial charge in [-0.15, -0.1) is 0 Å². The molecule has 1 aliphatic rings. The molecule has 0 spiro atoms. The Morgan fingerprint density at radius 3 is 2.32 bits per heavy atom. The second kappa shape index (κ2) is 6.86. The van der Waals surface area contributed by atoms with Crippen LogP contribution in [0.15, 0.2) is 12.1 Å². The molecule has 1 fully saturated rings. The van der Waals surface area contributed by atoms with E-state index in [-0.39, 0.29) is 15.8 Å². The van der Waals surface area contributed by atoms with Crippen LogP contribution in [0, 0.1) is 0 Å². The van der Waals surface area contributed by atoms with Crippen molar-refractivity contribution in [2.75, 3.05) is 16.8 Å². The zero-order valence-corrected chi connectivity index (χ0v) is 12.3. The summed E-state index contributed by atoms with van der Waals surface area (Å²) in [6, 6.07) is 3.50. The van der Waals surface area contributed by atoms with Crippen LogP contribution in [0.4, 0.5) is 14.5 Å². The lowest BCUT2D eigenvalue weighted by Gasteiger charge is -2.24. The Morgan fingerprint density at radius 1 is 1.21 bits per heavy atom. The number of halogens is 4. The van der Waals surface area contributed by atoms with Crippen molar-refractivity contribution in [3.63, 3.8) is 0 Å². The molecule has 106 valence electrons. The molecule has 1 N–H and O–H groups in total. The van der Waals surface area contributed by atoms with Crippen molar-refractivity contribution in [3.8, 4) is 5.75 Å². The molecule has 1 heterocycles. The molecule has 7 heteroatoms. The maximum atomic E-state index is 12.2. The Hall–Kier alpha value is -0.390. The van der Waals surface area contributed by atoms with Gasteiger partial charge in [-0.05, 0) is 36.5 Å². The molecule has 0 bridgehead atoms. The maximum Gasteiger partial charge on any atom is 0.387 e. The highest BCUT2D eigenvalue weighted by atomic mass is 35.5. The lowest BCUT2D eigenvalue weighted by Crippen LogP contribution is -2.24. The molecule has 0 unspecified atom stereocenters. The van der Waals surface area contributed by atoms with Gasteiger partial charge in [0.15, 0.2) is 5.75 Å². The van der Waals surface area contributed by atoms with Crippen LogP contribution < -0.4 is 10.1 Å². The van der Waals surface area contributed by atoms with E-state index in [9.17, 15) is 8.78 Å². The topological polar surface area (TPSA) is 21.3 Å². The molecule has 0 atom stereocenters. The van der Waals surface area contributed by atoms with Crippen molar-refractivity contribution < 1.29 is 13.5 Å². The number of benzene rings is 1. The second-order valence-corrected chi connectivity index (χ2v) is 6.22. The standard InChI is InChI=1S/C12H13Cl2F2NOS/c13-9-5-8(17-7-1-3-19-4-2-7)6-10(14)11(9)18-12(15)16/h5-7,12,17H,1-4H2. The van der Waals surface area contributed by atoms with E-state index in [4.69, 9.17) is 23.2 Å². The number of ether oxygens (including phenoxy) is 1. The molecule has 19 heavy (non-hydrogen) atoms. The molecule has 1 saturated heterocycles. The number of alkyl halides is 2. The van der Waals surface area contributed by atoms with E-state index >= 15 is 0 Å². The summed E-state index contributed by atoms with van der Waals surface area (Å²) in [4.78, 5) is 0. The SMILES string of the molecule is FC(F)Oc1c(Cl)cc(NC2CCSCC2)cc1Cl. The molecule has 0 radical (unpaired) electrons. The first-order chi connectivity index (χ1) is 9.06. The van der Waals surface area contributed by atoms with E-state index in [1.54, 1.807) is 12.1 Å². The van der Waals surface area contributed by atoms with E-state index in [1.165, 1.54) is 0 Å². The summed E-state index contributed by atoms with van der Waals surface area (Å²) in [6.45, 7) is -2.94. The van der Waals surface area contributed by atoms with Gasteiger partial charge in [-0.25, -0.2) is 0 Å². The Labute approximate surface area is 124 Å². The van der Waals surface area contributed by atoms with Crippen LogP contribution in [0.2, 0.25) is 10.0 Å². The van der Waals surface area contributed by atoms with Crippen molar-refractivity contribution in [2.24, 2.45) is 0 Å². The van der Waals surface area contributed by atoms with Gasteiger partial charge in [0, 0.05) is 11.7 Å². The van der Waals surface area contributed by atoms with Gasteiger partial charge in [0.2, 0.25) is 0 Å². The van der Waals surface area contributed by atoms with Gasteiger partial charge in [-0.1, -0.05) is 23.2 Å². The second-order valence-electron chi connectivity index (χ2n) is 4.18. The normalized spacial score (nSPS) is 16.7. The Kier molecular flexibility index (Phi) is 5.42. The van der Waals surface area contributed by atoms with Gasteiger partial charge in [0.05, 0.1) is 10.0 Å². The van der Waals surface area contributed by atoms with E-state index in [0.717, 1.165) is 30.0 Å². The number of hydrogen-bond donors (Lipinski definition) is 1. The maximum absolute atomic E-state index is 12.2. The molecule has 0 saturated carbocycles. The van der Waals surface area contributed by atoms with Crippen LogP contribution >= 0.6 is 35.0 Å². The summed E-state index contributed by atoms with van der Waals surface area (Å²) < 4.78 is 28.7. The third-order valence-corrected chi connectivity index (χ3v) is 4.41. The molecule has 2 nitrogen and oxygen atoms in total. The van der Waals surface area contributed by atoms with Gasteiger partial charge >= 0.3 is 6.61 Å². The molecule has 2 rings (SSSR count). The number of rotatable bonds is 4. The molecule has 0 amide bonds. The van der Waals surface area contributed by atoms with Crippen molar-refractivity contribution in [1.82, 2.24) is 0 Å². The Bertz CT molecular complexity index is 419. The summed E-state index contributed by atoms with van der Waals surface area (Å²) in [7, 11) is 0. The lowest BCUT2D eigenvalue weighted by atomic mass is 10.1. The number of thioether (sulfide) groups is 1. The van der Waals surface area contributed by atoms with Gasteiger partial charge in [0.25, 0.3) is 0 Å². The highest BCUT2D eigenvalue weighted by molar-refractivity contribution is 7.99. The molecule has 0 aromatic heterocycles. The zero-order chi connectivity index (χ0) is 13.8. The molecule has 1 aliphatic heterocycles. The third kappa shape index (κ3) is 4.29. The lowest BCUT2D eigenvalue weighted by molar-refractivity contribution is -0.0497. The Balaban J connectivity index is 2.10. The van der Waals surface area contributed by atoms with Crippen molar-refractivity contribution in [3.05, 3.63) is 22.2 Å². The average Bonchev–Trinajstić information content (AvgIpc) is 2.35. The fraction of sp³-hybridized carbons (Fsp3) is 0.500. The van der Waals surface area contributed by atoms with Gasteiger partial charge in [-0.3, -0.25) is 0 Å². The van der Waals surface area contributed by atoms with Crippen LogP contribution in [0.5, 0.6) is 5.75 Å². The van der Waals surface area contributed by atoms with Crippen LogP contribution in [-0.2, 0) is 0 Å². The highest BCUT2D eigenvalue weighted by Gasteiger charge is 2.17. The minimum absolute atomic E-state index is 0.0838. The predicted molar refractivity (Wildman–Crippen MR) is 77.1 cm³/mol. The molecule has 1 aromatic carbocycles. The van der Waals surface area contributed by atoms with Crippen molar-refractivity contribution in [2.45, 2.75) is 25.5 Å². The average molecular weight is 328 g/mol. The predicted octanol–water partition coefficient (Wildman–Crippen LogP) is 4.90. The quantitative estimate of drug-likeness (QED) is 0.849. The highest BCUT2D eigenvalue weighted by Crippen LogP contribution is 2.37. The van der Waals surface area contributed by atoms with E-state index < -0.39 is 6.61 Å². The first-order valence-corrected chi connectivity index (χ1v) is 7.75. The van der Waals surface area contributed by atoms with Crippen LogP contribution in [0.3, 0.4) is 0 Å².